The first-order chi connectivity index (χ1) is 13.2. The van der Waals surface area contributed by atoms with Gasteiger partial charge in [-0.05, 0) is 45.0 Å². The Morgan fingerprint density at radius 1 is 0.714 bits per heavy atom. The monoisotopic (exact) mass is 384 g/mol. The molecule has 0 amide bonds. The standard InChI is InChI=1S/C21H20O7/c1-12-4-8-15(9-5-12)20(25)27-17(14(3)22)18(19(23)24)28-21(26)16-10-6-13(2)7-11-16/h4-11,17-18H,1-3H3,(H,23,24)/t17-,18+/m0/s1. The number of hydrogen-bond acceptors (Lipinski definition) is 6. The molecule has 146 valence electrons. The molecule has 2 atom stereocenters. The summed E-state index contributed by atoms with van der Waals surface area (Å²) in [4.78, 5) is 48.1. The second-order valence-corrected chi connectivity index (χ2v) is 6.33. The van der Waals surface area contributed by atoms with Gasteiger partial charge in [-0.3, -0.25) is 4.79 Å². The van der Waals surface area contributed by atoms with Crippen LogP contribution in [0, 0.1) is 13.8 Å². The zero-order chi connectivity index (χ0) is 20.8. The van der Waals surface area contributed by atoms with E-state index >= 15 is 0 Å². The fourth-order valence-electron chi connectivity index (χ4n) is 2.35. The Morgan fingerprint density at radius 3 is 1.39 bits per heavy atom. The van der Waals surface area contributed by atoms with Crippen LogP contribution in [0.4, 0.5) is 0 Å². The first-order valence-corrected chi connectivity index (χ1v) is 8.47. The van der Waals surface area contributed by atoms with Crippen LogP contribution < -0.4 is 0 Å². The summed E-state index contributed by atoms with van der Waals surface area (Å²) in [5, 5.41) is 9.43. The molecule has 0 aliphatic carbocycles. The van der Waals surface area contributed by atoms with Crippen molar-refractivity contribution >= 4 is 23.7 Å². The van der Waals surface area contributed by atoms with Crippen LogP contribution in [0.2, 0.25) is 0 Å². The van der Waals surface area contributed by atoms with Crippen LogP contribution in [-0.2, 0) is 19.1 Å². The third-order valence-corrected chi connectivity index (χ3v) is 3.96. The lowest BCUT2D eigenvalue weighted by Gasteiger charge is -2.22. The highest BCUT2D eigenvalue weighted by Crippen LogP contribution is 2.14. The molecule has 0 unspecified atom stereocenters. The first-order valence-electron chi connectivity index (χ1n) is 8.47. The minimum Gasteiger partial charge on any atom is -0.478 e. The van der Waals surface area contributed by atoms with E-state index in [-0.39, 0.29) is 11.1 Å². The second-order valence-electron chi connectivity index (χ2n) is 6.33. The summed E-state index contributed by atoms with van der Waals surface area (Å²) in [6.45, 7) is 4.71. The molecule has 0 heterocycles. The van der Waals surface area contributed by atoms with Gasteiger partial charge in [-0.2, -0.15) is 0 Å². The highest BCUT2D eigenvalue weighted by Gasteiger charge is 2.38. The number of esters is 2. The van der Waals surface area contributed by atoms with Crippen LogP contribution in [0.25, 0.3) is 0 Å². The molecule has 0 radical (unpaired) electrons. The predicted molar refractivity (Wildman–Crippen MR) is 99.1 cm³/mol. The number of benzene rings is 2. The topological polar surface area (TPSA) is 107 Å². The van der Waals surface area contributed by atoms with Crippen molar-refractivity contribution in [3.63, 3.8) is 0 Å². The Hall–Kier alpha value is -3.48. The summed E-state index contributed by atoms with van der Waals surface area (Å²) in [7, 11) is 0. The van der Waals surface area contributed by atoms with Crippen LogP contribution in [0.15, 0.2) is 48.5 Å². The molecular formula is C21H20O7. The molecule has 7 nitrogen and oxygen atoms in total. The number of ether oxygens (including phenoxy) is 2. The van der Waals surface area contributed by atoms with Crippen molar-refractivity contribution in [2.75, 3.05) is 0 Å². The zero-order valence-electron chi connectivity index (χ0n) is 15.7. The number of hydrogen-bond donors (Lipinski definition) is 1. The third-order valence-electron chi connectivity index (χ3n) is 3.96. The molecule has 0 spiro atoms. The highest BCUT2D eigenvalue weighted by molar-refractivity contribution is 5.96. The number of aliphatic carboxylic acids is 1. The Morgan fingerprint density at radius 2 is 1.07 bits per heavy atom. The van der Waals surface area contributed by atoms with Crippen LogP contribution >= 0.6 is 0 Å². The number of carbonyl (C=O) groups excluding carboxylic acids is 3. The zero-order valence-corrected chi connectivity index (χ0v) is 15.7. The van der Waals surface area contributed by atoms with Gasteiger partial charge in [0, 0.05) is 0 Å². The average Bonchev–Trinajstić information content (AvgIpc) is 2.64. The van der Waals surface area contributed by atoms with Gasteiger partial charge in [-0.15, -0.1) is 0 Å². The van der Waals surface area contributed by atoms with E-state index in [0.29, 0.717) is 0 Å². The van der Waals surface area contributed by atoms with E-state index in [1.807, 2.05) is 13.8 Å². The molecule has 2 aromatic rings. The van der Waals surface area contributed by atoms with Gasteiger partial charge in [0.1, 0.15) is 0 Å². The molecule has 0 aliphatic rings. The lowest BCUT2D eigenvalue weighted by atomic mass is 10.1. The van der Waals surface area contributed by atoms with Crippen molar-refractivity contribution < 1.29 is 33.8 Å². The maximum absolute atomic E-state index is 12.3. The molecule has 1 N–H and O–H groups in total. The fraction of sp³-hybridized carbons (Fsp3) is 0.238. The van der Waals surface area contributed by atoms with Crippen LogP contribution in [-0.4, -0.2) is 41.0 Å². The van der Waals surface area contributed by atoms with E-state index < -0.39 is 35.9 Å². The average molecular weight is 384 g/mol. The van der Waals surface area contributed by atoms with E-state index in [9.17, 15) is 24.3 Å². The number of ketones is 1. The Balaban J connectivity index is 2.21. The highest BCUT2D eigenvalue weighted by atomic mass is 16.6. The number of carboxylic acids is 1. The van der Waals surface area contributed by atoms with Crippen LogP contribution in [0.1, 0.15) is 38.8 Å². The Labute approximate surface area is 161 Å². The molecule has 28 heavy (non-hydrogen) atoms. The van der Waals surface area contributed by atoms with Gasteiger partial charge in [0.05, 0.1) is 11.1 Å². The number of carboxylic acid groups (broad SMARTS) is 1. The molecule has 2 rings (SSSR count). The van der Waals surface area contributed by atoms with Crippen molar-refractivity contribution in [3.8, 4) is 0 Å². The van der Waals surface area contributed by atoms with Gasteiger partial charge in [-0.1, -0.05) is 35.4 Å². The van der Waals surface area contributed by atoms with E-state index in [1.54, 1.807) is 24.3 Å². The van der Waals surface area contributed by atoms with Crippen molar-refractivity contribution in [1.29, 1.82) is 0 Å². The molecule has 0 aliphatic heterocycles. The number of rotatable bonds is 7. The van der Waals surface area contributed by atoms with E-state index in [0.717, 1.165) is 18.1 Å². The summed E-state index contributed by atoms with van der Waals surface area (Å²) >= 11 is 0. The molecule has 0 saturated carbocycles. The van der Waals surface area contributed by atoms with Crippen molar-refractivity contribution in [1.82, 2.24) is 0 Å². The van der Waals surface area contributed by atoms with E-state index in [4.69, 9.17) is 9.47 Å². The summed E-state index contributed by atoms with van der Waals surface area (Å²) < 4.78 is 10.1. The molecule has 0 fully saturated rings. The van der Waals surface area contributed by atoms with E-state index in [1.165, 1.54) is 24.3 Å². The van der Waals surface area contributed by atoms with Crippen LogP contribution in [0.3, 0.4) is 0 Å². The second kappa shape index (κ2) is 8.94. The summed E-state index contributed by atoms with van der Waals surface area (Å²) in [5.41, 5.74) is 2.07. The van der Waals surface area contributed by atoms with E-state index in [2.05, 4.69) is 0 Å². The maximum Gasteiger partial charge on any atom is 0.349 e. The first kappa shape index (κ1) is 20.8. The number of carbonyl (C=O) groups is 4. The van der Waals surface area contributed by atoms with Crippen LogP contribution in [0.5, 0.6) is 0 Å². The minimum absolute atomic E-state index is 0.115. The van der Waals surface area contributed by atoms with Crippen molar-refractivity contribution in [2.45, 2.75) is 33.0 Å². The van der Waals surface area contributed by atoms with Crippen molar-refractivity contribution in [2.24, 2.45) is 0 Å². The summed E-state index contributed by atoms with van der Waals surface area (Å²) in [5.74, 6) is -4.19. The molecule has 0 bridgehead atoms. The minimum atomic E-state index is -1.97. The quantitative estimate of drug-likeness (QED) is 0.731. The normalized spacial score (nSPS) is 12.5. The molecule has 7 heteroatoms. The summed E-state index contributed by atoms with van der Waals surface area (Å²) in [6.07, 6.45) is -3.75. The smallest absolute Gasteiger partial charge is 0.349 e. The predicted octanol–water partition coefficient (Wildman–Crippen LogP) is 2.73. The molecular weight excluding hydrogens is 364 g/mol. The van der Waals surface area contributed by atoms with Gasteiger partial charge in [-0.25, -0.2) is 14.4 Å². The molecule has 0 aromatic heterocycles. The SMILES string of the molecule is CC(=O)[C@H](OC(=O)c1ccc(C)cc1)[C@@H](OC(=O)c1ccc(C)cc1)C(=O)O. The number of aryl methyl sites for hydroxylation is 2. The van der Waals surface area contributed by atoms with Gasteiger partial charge in [0.25, 0.3) is 0 Å². The van der Waals surface area contributed by atoms with Gasteiger partial charge < -0.3 is 14.6 Å². The molecule has 0 saturated heterocycles. The molecule has 2 aromatic carbocycles. The van der Waals surface area contributed by atoms with Crippen molar-refractivity contribution in [3.05, 3.63) is 70.8 Å². The van der Waals surface area contributed by atoms with Gasteiger partial charge in [0.15, 0.2) is 5.78 Å². The summed E-state index contributed by atoms with van der Waals surface area (Å²) in [6, 6.07) is 12.6. The maximum atomic E-state index is 12.3. The Bertz CT molecular complexity index is 806. The number of Topliss-reactive ketones (excluding diaryl/α,β-unsaturated/α-hetero) is 1. The lowest BCUT2D eigenvalue weighted by Crippen LogP contribution is -2.45. The Kier molecular flexibility index (Phi) is 6.65. The lowest BCUT2D eigenvalue weighted by molar-refractivity contribution is -0.158. The van der Waals surface area contributed by atoms with Gasteiger partial charge in [0.2, 0.25) is 12.2 Å². The largest absolute Gasteiger partial charge is 0.478 e. The third kappa shape index (κ3) is 5.26. The van der Waals surface area contributed by atoms with Gasteiger partial charge >= 0.3 is 17.9 Å². The fourth-order valence-corrected chi connectivity index (χ4v) is 2.35.